The molecule has 0 saturated carbocycles. The van der Waals surface area contributed by atoms with Gasteiger partial charge in [0.15, 0.2) is 11.6 Å². The van der Waals surface area contributed by atoms with Gasteiger partial charge in [0.25, 0.3) is 0 Å². The van der Waals surface area contributed by atoms with Crippen LogP contribution in [0.4, 0.5) is 0 Å². The van der Waals surface area contributed by atoms with Gasteiger partial charge in [-0.3, -0.25) is 9.59 Å². The zero-order valence-corrected chi connectivity index (χ0v) is 19.2. The van der Waals surface area contributed by atoms with Crippen LogP contribution in [0.25, 0.3) is 11.1 Å². The van der Waals surface area contributed by atoms with Crippen molar-refractivity contribution >= 4 is 11.6 Å². The molecule has 0 radical (unpaired) electrons. The second-order valence-corrected chi connectivity index (χ2v) is 9.92. The van der Waals surface area contributed by atoms with E-state index in [4.69, 9.17) is 0 Å². The number of hydrogen-bond acceptors (Lipinski definition) is 6. The van der Waals surface area contributed by atoms with E-state index in [0.29, 0.717) is 22.3 Å². The summed E-state index contributed by atoms with van der Waals surface area (Å²) in [5.74, 6) is -2.54. The minimum absolute atomic E-state index is 0.0120. The highest BCUT2D eigenvalue weighted by atomic mass is 16.3. The van der Waals surface area contributed by atoms with Crippen molar-refractivity contribution in [2.45, 2.75) is 65.6 Å². The Balaban J connectivity index is 2.00. The molecule has 0 aromatic heterocycles. The first kappa shape index (κ1) is 22.5. The molecule has 0 amide bonds. The van der Waals surface area contributed by atoms with Gasteiger partial charge in [-0.25, -0.2) is 0 Å². The van der Waals surface area contributed by atoms with E-state index < -0.39 is 35.6 Å². The number of carbonyl (C=O) groups is 2. The topological polar surface area (TPSA) is 115 Å². The molecule has 32 heavy (non-hydrogen) atoms. The molecule has 0 saturated heterocycles. The van der Waals surface area contributed by atoms with E-state index in [1.165, 1.54) is 0 Å². The summed E-state index contributed by atoms with van der Waals surface area (Å²) in [5.41, 5.74) is 3.12. The lowest BCUT2D eigenvalue weighted by molar-refractivity contribution is 0.0692. The van der Waals surface area contributed by atoms with Crippen molar-refractivity contribution in [3.05, 3.63) is 45.5 Å². The lowest BCUT2D eigenvalue weighted by Crippen LogP contribution is -2.23. The Bertz CT molecular complexity index is 1070. The molecule has 2 aliphatic rings. The molecule has 2 aromatic carbocycles. The van der Waals surface area contributed by atoms with Gasteiger partial charge >= 0.3 is 0 Å². The van der Waals surface area contributed by atoms with E-state index in [0.717, 1.165) is 0 Å². The standard InChI is InChI=1S/C26H30O6/c1-9(2)15-13-7-11(5)17(21(27)19(13)25(31)23(15)29)18-12(6)8-14-16(10(3)4)24(30)26(32)20(14)22(18)28/h7-10,15-16,23-24,27-30H,1-6H3/t15-,16+,23-,24+. The first-order valence-electron chi connectivity index (χ1n) is 11.1. The third kappa shape index (κ3) is 2.86. The van der Waals surface area contributed by atoms with E-state index in [1.54, 1.807) is 26.0 Å². The van der Waals surface area contributed by atoms with Crippen molar-refractivity contribution in [3.63, 3.8) is 0 Å². The highest BCUT2D eigenvalue weighted by molar-refractivity contribution is 6.11. The molecule has 0 spiro atoms. The van der Waals surface area contributed by atoms with Crippen LogP contribution >= 0.6 is 0 Å². The average Bonchev–Trinajstić information content (AvgIpc) is 3.08. The van der Waals surface area contributed by atoms with Crippen LogP contribution in [0.1, 0.15) is 82.5 Å². The first-order valence-corrected chi connectivity index (χ1v) is 11.1. The molecule has 4 rings (SSSR count). The normalized spacial score (nSPS) is 24.6. The van der Waals surface area contributed by atoms with Gasteiger partial charge in [-0.05, 0) is 47.9 Å². The number of aryl methyl sites for hydroxylation is 2. The van der Waals surface area contributed by atoms with E-state index in [2.05, 4.69) is 0 Å². The third-order valence-electron chi connectivity index (χ3n) is 7.17. The van der Waals surface area contributed by atoms with Crippen LogP contribution in [0.15, 0.2) is 12.1 Å². The summed E-state index contributed by atoms with van der Waals surface area (Å²) in [6.45, 7) is 11.2. The van der Waals surface area contributed by atoms with Crippen LogP contribution in [0, 0.1) is 25.7 Å². The Morgan fingerprint density at radius 3 is 1.25 bits per heavy atom. The van der Waals surface area contributed by atoms with Crippen molar-refractivity contribution in [1.29, 1.82) is 0 Å². The van der Waals surface area contributed by atoms with Gasteiger partial charge in [-0.1, -0.05) is 39.8 Å². The number of aliphatic hydroxyl groups excluding tert-OH is 2. The second kappa shape index (κ2) is 7.42. The smallest absolute Gasteiger partial charge is 0.195 e. The van der Waals surface area contributed by atoms with Crippen LogP contribution in [-0.4, -0.2) is 44.2 Å². The third-order valence-corrected chi connectivity index (χ3v) is 7.17. The van der Waals surface area contributed by atoms with Gasteiger partial charge in [0.1, 0.15) is 23.7 Å². The largest absolute Gasteiger partial charge is 0.507 e. The van der Waals surface area contributed by atoms with E-state index in [1.807, 2.05) is 27.7 Å². The van der Waals surface area contributed by atoms with Gasteiger partial charge in [0, 0.05) is 23.0 Å². The fraction of sp³-hybridized carbons (Fsp3) is 0.462. The van der Waals surface area contributed by atoms with E-state index in [-0.39, 0.29) is 45.6 Å². The molecule has 0 aliphatic heterocycles. The summed E-state index contributed by atoms with van der Waals surface area (Å²) >= 11 is 0. The Labute approximate surface area is 187 Å². The number of hydrogen-bond donors (Lipinski definition) is 4. The summed E-state index contributed by atoms with van der Waals surface area (Å²) < 4.78 is 0. The summed E-state index contributed by atoms with van der Waals surface area (Å²) in [6, 6.07) is 3.56. The number of Topliss-reactive ketones (excluding diaryl/α,β-unsaturated/α-hetero) is 2. The summed E-state index contributed by atoms with van der Waals surface area (Å²) in [7, 11) is 0. The van der Waals surface area contributed by atoms with Gasteiger partial charge < -0.3 is 20.4 Å². The first-order chi connectivity index (χ1) is 14.9. The van der Waals surface area contributed by atoms with Crippen molar-refractivity contribution in [1.82, 2.24) is 0 Å². The highest BCUT2D eigenvalue weighted by Crippen LogP contribution is 2.52. The molecule has 0 bridgehead atoms. The predicted molar refractivity (Wildman–Crippen MR) is 121 cm³/mol. The number of ketones is 2. The van der Waals surface area contributed by atoms with Crippen molar-refractivity contribution in [2.24, 2.45) is 11.8 Å². The molecule has 6 heteroatoms. The fourth-order valence-corrected chi connectivity index (χ4v) is 5.74. The van der Waals surface area contributed by atoms with Gasteiger partial charge in [0.05, 0.1) is 11.1 Å². The molecule has 4 N–H and O–H groups in total. The van der Waals surface area contributed by atoms with E-state index >= 15 is 0 Å². The monoisotopic (exact) mass is 438 g/mol. The molecule has 6 nitrogen and oxygen atoms in total. The van der Waals surface area contributed by atoms with Crippen molar-refractivity contribution in [2.75, 3.05) is 0 Å². The Kier molecular flexibility index (Phi) is 5.22. The Morgan fingerprint density at radius 1 is 0.656 bits per heavy atom. The van der Waals surface area contributed by atoms with Crippen LogP contribution < -0.4 is 0 Å². The SMILES string of the molecule is Cc1cc2c(c(O)c1-c1c(C)cc3c(c1O)C(=O)[C@H](O)[C@@H]3C(C)C)C(=O)[C@@H](O)[C@H]2C(C)C. The zero-order chi connectivity index (χ0) is 23.8. The lowest BCUT2D eigenvalue weighted by Gasteiger charge is -2.22. The van der Waals surface area contributed by atoms with E-state index in [9.17, 15) is 30.0 Å². The molecule has 170 valence electrons. The highest BCUT2D eigenvalue weighted by Gasteiger charge is 2.45. The lowest BCUT2D eigenvalue weighted by atomic mass is 9.83. The van der Waals surface area contributed by atoms with Crippen LogP contribution in [0.2, 0.25) is 0 Å². The maximum absolute atomic E-state index is 12.8. The van der Waals surface area contributed by atoms with Gasteiger partial charge in [-0.15, -0.1) is 0 Å². The molecular formula is C26H30O6. The second-order valence-electron chi connectivity index (χ2n) is 9.92. The molecule has 0 heterocycles. The number of fused-ring (bicyclic) bond motifs is 2. The predicted octanol–water partition coefficient (Wildman–Crippen LogP) is 3.98. The number of aliphatic hydroxyl groups is 2. The number of benzene rings is 2. The molecule has 2 aliphatic carbocycles. The Morgan fingerprint density at radius 2 is 0.969 bits per heavy atom. The van der Waals surface area contributed by atoms with Crippen LogP contribution in [0.5, 0.6) is 11.5 Å². The number of rotatable bonds is 3. The minimum Gasteiger partial charge on any atom is -0.507 e. The molecule has 0 unspecified atom stereocenters. The number of phenols is 2. The van der Waals surface area contributed by atoms with Crippen LogP contribution in [-0.2, 0) is 0 Å². The molecule has 0 fully saturated rings. The summed E-state index contributed by atoms with van der Waals surface area (Å²) in [4.78, 5) is 25.7. The maximum Gasteiger partial charge on any atom is 0.195 e. The fourth-order valence-electron chi connectivity index (χ4n) is 5.74. The van der Waals surface area contributed by atoms with Crippen molar-refractivity contribution in [3.8, 4) is 22.6 Å². The number of phenolic OH excluding ortho intramolecular Hbond substituents is 2. The molecule has 4 atom stereocenters. The number of aromatic hydroxyl groups is 2. The van der Waals surface area contributed by atoms with Crippen molar-refractivity contribution < 1.29 is 30.0 Å². The Hall–Kier alpha value is -2.70. The quantitative estimate of drug-likeness (QED) is 0.576. The zero-order valence-electron chi connectivity index (χ0n) is 19.2. The number of carbonyl (C=O) groups excluding carboxylic acids is 2. The summed E-state index contributed by atoms with van der Waals surface area (Å²) in [5, 5.41) is 43.5. The average molecular weight is 439 g/mol. The molecular weight excluding hydrogens is 408 g/mol. The summed E-state index contributed by atoms with van der Waals surface area (Å²) in [6.07, 6.45) is -2.47. The maximum atomic E-state index is 12.8. The van der Waals surface area contributed by atoms with Gasteiger partial charge in [-0.2, -0.15) is 0 Å². The van der Waals surface area contributed by atoms with Gasteiger partial charge in [0.2, 0.25) is 0 Å². The van der Waals surface area contributed by atoms with Crippen LogP contribution in [0.3, 0.4) is 0 Å². The molecule has 2 aromatic rings. The minimum atomic E-state index is -1.23.